The van der Waals surface area contributed by atoms with E-state index in [1.807, 2.05) is 11.8 Å². The molecule has 3 rings (SSSR count). The van der Waals surface area contributed by atoms with Crippen LogP contribution < -0.4 is 5.32 Å². The quantitative estimate of drug-likeness (QED) is 0.806. The second-order valence-corrected chi connectivity index (χ2v) is 7.96. The monoisotopic (exact) mass is 284 g/mol. The second kappa shape index (κ2) is 6.33. The van der Waals surface area contributed by atoms with E-state index in [9.17, 15) is 5.11 Å². The van der Waals surface area contributed by atoms with Crippen molar-refractivity contribution in [3.8, 4) is 0 Å². The highest BCUT2D eigenvalue weighted by Crippen LogP contribution is 2.30. The Morgan fingerprint density at radius 3 is 2.42 bits per heavy atom. The Labute approximate surface area is 121 Å². The van der Waals surface area contributed by atoms with Crippen LogP contribution in [0.3, 0.4) is 0 Å². The Morgan fingerprint density at radius 1 is 1.11 bits per heavy atom. The number of rotatable bonds is 5. The molecule has 19 heavy (non-hydrogen) atoms. The number of hydrogen-bond donors (Lipinski definition) is 2. The number of nitrogens with zero attached hydrogens (tertiary/aromatic N) is 1. The molecule has 0 radical (unpaired) electrons. The molecule has 0 aromatic heterocycles. The first-order valence-corrected chi connectivity index (χ1v) is 9.15. The molecule has 0 bridgehead atoms. The first-order valence-electron chi connectivity index (χ1n) is 7.99. The fourth-order valence-corrected chi connectivity index (χ4v) is 4.50. The van der Waals surface area contributed by atoms with Crippen molar-refractivity contribution in [2.24, 2.45) is 5.92 Å². The van der Waals surface area contributed by atoms with Crippen molar-refractivity contribution in [3.63, 3.8) is 0 Å². The van der Waals surface area contributed by atoms with Crippen LogP contribution in [0.15, 0.2) is 0 Å². The maximum Gasteiger partial charge on any atom is 0.0787 e. The molecule has 0 unspecified atom stereocenters. The number of aliphatic hydroxyl groups is 1. The minimum absolute atomic E-state index is 0.420. The second-order valence-electron chi connectivity index (χ2n) is 6.74. The average molecular weight is 284 g/mol. The largest absolute Gasteiger partial charge is 0.389 e. The molecular formula is C15H28N2OS. The standard InChI is InChI=1S/C15H28N2OS/c18-15(5-9-19-10-6-15)12-16-14-3-7-17(8-4-14)11-13-1-2-13/h13-14,16,18H,1-12H2. The topological polar surface area (TPSA) is 35.5 Å². The molecule has 2 saturated heterocycles. The third-order valence-electron chi connectivity index (χ3n) is 4.94. The number of hydrogen-bond acceptors (Lipinski definition) is 4. The van der Waals surface area contributed by atoms with Crippen LogP contribution >= 0.6 is 11.8 Å². The summed E-state index contributed by atoms with van der Waals surface area (Å²) in [6, 6.07) is 0.633. The maximum atomic E-state index is 10.5. The van der Waals surface area contributed by atoms with Crippen LogP contribution in [0.1, 0.15) is 38.5 Å². The van der Waals surface area contributed by atoms with Crippen LogP contribution in [0.5, 0.6) is 0 Å². The van der Waals surface area contributed by atoms with E-state index in [0.29, 0.717) is 6.04 Å². The number of nitrogens with one attached hydrogen (secondary N) is 1. The molecule has 3 aliphatic rings. The van der Waals surface area contributed by atoms with Gasteiger partial charge in [0.1, 0.15) is 0 Å². The van der Waals surface area contributed by atoms with E-state index >= 15 is 0 Å². The molecular weight excluding hydrogens is 256 g/mol. The number of thioether (sulfide) groups is 1. The molecule has 0 atom stereocenters. The van der Waals surface area contributed by atoms with Crippen molar-refractivity contribution in [2.75, 3.05) is 37.7 Å². The van der Waals surface area contributed by atoms with Gasteiger partial charge < -0.3 is 15.3 Å². The van der Waals surface area contributed by atoms with Gasteiger partial charge in [0.2, 0.25) is 0 Å². The Kier molecular flexibility index (Phi) is 4.73. The van der Waals surface area contributed by atoms with E-state index in [0.717, 1.165) is 36.8 Å². The van der Waals surface area contributed by atoms with E-state index in [1.54, 1.807) is 0 Å². The van der Waals surface area contributed by atoms with E-state index in [-0.39, 0.29) is 0 Å². The van der Waals surface area contributed by atoms with Gasteiger partial charge in [-0.25, -0.2) is 0 Å². The predicted octanol–water partition coefficient (Wildman–Crippen LogP) is 1.71. The van der Waals surface area contributed by atoms with Crippen molar-refractivity contribution in [3.05, 3.63) is 0 Å². The molecule has 1 aliphatic carbocycles. The fraction of sp³-hybridized carbons (Fsp3) is 1.00. The predicted molar refractivity (Wildman–Crippen MR) is 81.7 cm³/mol. The SMILES string of the molecule is OC1(CNC2CCN(CC3CC3)CC2)CCSCC1. The van der Waals surface area contributed by atoms with Gasteiger partial charge in [-0.2, -0.15) is 11.8 Å². The van der Waals surface area contributed by atoms with Gasteiger partial charge in [-0.3, -0.25) is 0 Å². The van der Waals surface area contributed by atoms with E-state index in [2.05, 4.69) is 10.2 Å². The molecule has 0 aromatic carbocycles. The molecule has 2 heterocycles. The average Bonchev–Trinajstić information content (AvgIpc) is 3.23. The van der Waals surface area contributed by atoms with Crippen LogP contribution in [0, 0.1) is 5.92 Å². The third kappa shape index (κ3) is 4.35. The van der Waals surface area contributed by atoms with Crippen LogP contribution in [-0.4, -0.2) is 59.3 Å². The van der Waals surface area contributed by atoms with E-state index in [4.69, 9.17) is 0 Å². The zero-order valence-corrected chi connectivity index (χ0v) is 12.8. The Bertz CT molecular complexity index is 282. The van der Waals surface area contributed by atoms with Gasteiger partial charge in [-0.1, -0.05) is 0 Å². The zero-order valence-electron chi connectivity index (χ0n) is 11.9. The van der Waals surface area contributed by atoms with Gasteiger partial charge in [0.15, 0.2) is 0 Å². The molecule has 0 aromatic rings. The van der Waals surface area contributed by atoms with E-state index in [1.165, 1.54) is 45.3 Å². The summed E-state index contributed by atoms with van der Waals surface area (Å²) in [7, 11) is 0. The summed E-state index contributed by atoms with van der Waals surface area (Å²) in [5.74, 6) is 3.26. The Balaban J connectivity index is 1.34. The number of likely N-dealkylation sites (tertiary alicyclic amines) is 1. The van der Waals surface area contributed by atoms with Gasteiger partial charge in [0.05, 0.1) is 5.60 Å². The van der Waals surface area contributed by atoms with Crippen LogP contribution in [-0.2, 0) is 0 Å². The summed E-state index contributed by atoms with van der Waals surface area (Å²) >= 11 is 1.98. The fourth-order valence-electron chi connectivity index (χ4n) is 3.25. The maximum absolute atomic E-state index is 10.5. The molecule has 1 saturated carbocycles. The van der Waals surface area contributed by atoms with Crippen molar-refractivity contribution in [1.29, 1.82) is 0 Å². The minimum atomic E-state index is -0.420. The van der Waals surface area contributed by atoms with Crippen molar-refractivity contribution < 1.29 is 5.11 Å². The van der Waals surface area contributed by atoms with Gasteiger partial charge >= 0.3 is 0 Å². The highest BCUT2D eigenvalue weighted by Gasteiger charge is 2.31. The molecule has 3 fully saturated rings. The lowest BCUT2D eigenvalue weighted by atomic mass is 9.95. The molecule has 0 amide bonds. The molecule has 110 valence electrons. The first-order chi connectivity index (χ1) is 9.23. The highest BCUT2D eigenvalue weighted by atomic mass is 32.2. The van der Waals surface area contributed by atoms with Crippen LogP contribution in [0.2, 0.25) is 0 Å². The van der Waals surface area contributed by atoms with Crippen LogP contribution in [0.25, 0.3) is 0 Å². The van der Waals surface area contributed by atoms with E-state index < -0.39 is 5.60 Å². The number of piperidine rings is 1. The molecule has 0 spiro atoms. The first kappa shape index (κ1) is 14.2. The van der Waals surface area contributed by atoms with Crippen molar-refractivity contribution in [2.45, 2.75) is 50.2 Å². The minimum Gasteiger partial charge on any atom is -0.389 e. The third-order valence-corrected chi connectivity index (χ3v) is 5.93. The lowest BCUT2D eigenvalue weighted by Crippen LogP contribution is -2.50. The smallest absolute Gasteiger partial charge is 0.0787 e. The summed E-state index contributed by atoms with van der Waals surface area (Å²) in [5.41, 5.74) is -0.420. The Morgan fingerprint density at radius 2 is 1.79 bits per heavy atom. The highest BCUT2D eigenvalue weighted by molar-refractivity contribution is 7.99. The zero-order chi connectivity index (χ0) is 13.1. The van der Waals surface area contributed by atoms with Crippen molar-refractivity contribution in [1.82, 2.24) is 10.2 Å². The van der Waals surface area contributed by atoms with Gasteiger partial charge in [-0.15, -0.1) is 0 Å². The Hall–Kier alpha value is 0.230. The lowest BCUT2D eigenvalue weighted by Gasteiger charge is -2.36. The summed E-state index contributed by atoms with van der Waals surface area (Å²) in [5, 5.41) is 14.1. The van der Waals surface area contributed by atoms with Gasteiger partial charge in [0, 0.05) is 19.1 Å². The summed E-state index contributed by atoms with van der Waals surface area (Å²) < 4.78 is 0. The normalized spacial score (nSPS) is 29.5. The molecule has 3 nitrogen and oxygen atoms in total. The van der Waals surface area contributed by atoms with Crippen molar-refractivity contribution >= 4 is 11.8 Å². The summed E-state index contributed by atoms with van der Waals surface area (Å²) in [6.45, 7) is 4.65. The summed E-state index contributed by atoms with van der Waals surface area (Å²) in [6.07, 6.45) is 7.37. The molecule has 4 heteroatoms. The van der Waals surface area contributed by atoms with Crippen LogP contribution in [0.4, 0.5) is 0 Å². The summed E-state index contributed by atoms with van der Waals surface area (Å²) in [4.78, 5) is 2.64. The lowest BCUT2D eigenvalue weighted by molar-refractivity contribution is 0.0269. The molecule has 2 N–H and O–H groups in total. The van der Waals surface area contributed by atoms with Gasteiger partial charge in [0.25, 0.3) is 0 Å². The van der Waals surface area contributed by atoms with Gasteiger partial charge in [-0.05, 0) is 69.0 Å². The molecule has 2 aliphatic heterocycles.